The number of aromatic amines is 1. The molecule has 0 radical (unpaired) electrons. The van der Waals surface area contributed by atoms with Gasteiger partial charge in [-0.1, -0.05) is 6.92 Å². The van der Waals surface area contributed by atoms with Crippen LogP contribution in [0.15, 0.2) is 28.7 Å². The van der Waals surface area contributed by atoms with Crippen LogP contribution in [-0.2, 0) is 21.2 Å². The van der Waals surface area contributed by atoms with Crippen molar-refractivity contribution in [3.05, 3.63) is 35.2 Å². The van der Waals surface area contributed by atoms with Crippen LogP contribution in [0.4, 0.5) is 0 Å². The van der Waals surface area contributed by atoms with Gasteiger partial charge in [0.1, 0.15) is 10.0 Å². The SMILES string of the molecule is CCC(NS(=O)(=O)c1ccc(CC(=O)O)s1)c1ncc[nH]1. The van der Waals surface area contributed by atoms with Gasteiger partial charge < -0.3 is 10.1 Å². The molecule has 7 nitrogen and oxygen atoms in total. The first-order chi connectivity index (χ1) is 9.92. The summed E-state index contributed by atoms with van der Waals surface area (Å²) in [4.78, 5) is 18.1. The van der Waals surface area contributed by atoms with Gasteiger partial charge in [-0.3, -0.25) is 4.79 Å². The second kappa shape index (κ2) is 6.37. The van der Waals surface area contributed by atoms with Gasteiger partial charge in [-0.25, -0.2) is 13.4 Å². The highest BCUT2D eigenvalue weighted by molar-refractivity contribution is 7.91. The summed E-state index contributed by atoms with van der Waals surface area (Å²) < 4.78 is 27.3. The van der Waals surface area contributed by atoms with Crippen molar-refractivity contribution in [2.24, 2.45) is 0 Å². The van der Waals surface area contributed by atoms with Crippen molar-refractivity contribution in [3.63, 3.8) is 0 Å². The van der Waals surface area contributed by atoms with Gasteiger partial charge in [-0.05, 0) is 18.6 Å². The minimum Gasteiger partial charge on any atom is -0.481 e. The van der Waals surface area contributed by atoms with Crippen LogP contribution in [-0.4, -0.2) is 29.5 Å². The number of imidazole rings is 1. The molecule has 0 saturated carbocycles. The largest absolute Gasteiger partial charge is 0.481 e. The summed E-state index contributed by atoms with van der Waals surface area (Å²) in [7, 11) is -3.70. The molecule has 2 rings (SSSR count). The lowest BCUT2D eigenvalue weighted by molar-refractivity contribution is -0.136. The van der Waals surface area contributed by atoms with Crippen molar-refractivity contribution < 1.29 is 18.3 Å². The Morgan fingerprint density at radius 1 is 1.52 bits per heavy atom. The third-order valence-electron chi connectivity index (χ3n) is 2.78. The number of aromatic nitrogens is 2. The molecule has 0 aliphatic heterocycles. The minimum absolute atomic E-state index is 0.101. The van der Waals surface area contributed by atoms with E-state index in [1.54, 1.807) is 12.4 Å². The Kier molecular flexibility index (Phi) is 4.76. The molecule has 21 heavy (non-hydrogen) atoms. The molecule has 1 unspecified atom stereocenters. The van der Waals surface area contributed by atoms with E-state index >= 15 is 0 Å². The lowest BCUT2D eigenvalue weighted by Crippen LogP contribution is -2.28. The molecule has 0 bridgehead atoms. The summed E-state index contributed by atoms with van der Waals surface area (Å²) in [5, 5.41) is 8.72. The molecule has 0 saturated heterocycles. The number of rotatable bonds is 7. The van der Waals surface area contributed by atoms with E-state index in [0.717, 1.165) is 11.3 Å². The van der Waals surface area contributed by atoms with Gasteiger partial charge in [-0.15, -0.1) is 11.3 Å². The van der Waals surface area contributed by atoms with E-state index in [1.807, 2.05) is 6.92 Å². The summed E-state index contributed by atoms with van der Waals surface area (Å²) in [6, 6.07) is 2.48. The smallest absolute Gasteiger partial charge is 0.308 e. The first-order valence-corrected chi connectivity index (χ1v) is 8.54. The van der Waals surface area contributed by atoms with Gasteiger partial charge in [0.25, 0.3) is 10.0 Å². The van der Waals surface area contributed by atoms with Crippen LogP contribution in [0.5, 0.6) is 0 Å². The van der Waals surface area contributed by atoms with Crippen LogP contribution in [0.2, 0.25) is 0 Å². The highest BCUT2D eigenvalue weighted by Crippen LogP contribution is 2.24. The molecule has 2 aromatic heterocycles. The summed E-state index contributed by atoms with van der Waals surface area (Å²) in [6.07, 6.45) is 3.54. The Bertz CT molecular complexity index is 707. The number of carbonyl (C=O) groups is 1. The molecule has 0 amide bonds. The molecule has 0 spiro atoms. The van der Waals surface area contributed by atoms with Crippen molar-refractivity contribution in [2.75, 3.05) is 0 Å². The third kappa shape index (κ3) is 3.90. The monoisotopic (exact) mass is 329 g/mol. The molecule has 0 aromatic carbocycles. The van der Waals surface area contributed by atoms with Crippen LogP contribution in [0.25, 0.3) is 0 Å². The summed E-state index contributed by atoms with van der Waals surface area (Å²) in [5.74, 6) is -0.445. The fourth-order valence-corrected chi connectivity index (χ4v) is 4.44. The number of thiophene rings is 1. The molecule has 0 aliphatic rings. The maximum atomic E-state index is 12.3. The van der Waals surface area contributed by atoms with Crippen LogP contribution >= 0.6 is 11.3 Å². The quantitative estimate of drug-likeness (QED) is 0.713. The zero-order valence-electron chi connectivity index (χ0n) is 11.2. The van der Waals surface area contributed by atoms with Crippen molar-refractivity contribution >= 4 is 27.3 Å². The Morgan fingerprint density at radius 2 is 2.29 bits per heavy atom. The fourth-order valence-electron chi connectivity index (χ4n) is 1.79. The topological polar surface area (TPSA) is 112 Å². The predicted octanol–water partition coefficient (Wildman–Crippen LogP) is 1.53. The average molecular weight is 329 g/mol. The molecule has 2 aromatic rings. The van der Waals surface area contributed by atoms with E-state index in [2.05, 4.69) is 14.7 Å². The van der Waals surface area contributed by atoms with Gasteiger partial charge in [0.2, 0.25) is 0 Å². The number of sulfonamides is 1. The lowest BCUT2D eigenvalue weighted by atomic mass is 10.2. The number of nitrogens with one attached hydrogen (secondary N) is 2. The molecule has 0 aliphatic carbocycles. The Morgan fingerprint density at radius 3 is 2.86 bits per heavy atom. The molecule has 9 heteroatoms. The zero-order valence-corrected chi connectivity index (χ0v) is 12.9. The lowest BCUT2D eigenvalue weighted by Gasteiger charge is -2.13. The number of hydrogen-bond donors (Lipinski definition) is 3. The Labute approximate surface area is 126 Å². The molecule has 114 valence electrons. The number of aliphatic carboxylic acids is 1. The average Bonchev–Trinajstić information content (AvgIpc) is 3.06. The Hall–Kier alpha value is -1.71. The van der Waals surface area contributed by atoms with Crippen molar-refractivity contribution in [1.29, 1.82) is 0 Å². The third-order valence-corrected chi connectivity index (χ3v) is 5.83. The van der Waals surface area contributed by atoms with Gasteiger partial charge in [-0.2, -0.15) is 4.72 Å². The van der Waals surface area contributed by atoms with Crippen molar-refractivity contribution in [1.82, 2.24) is 14.7 Å². The molecule has 3 N–H and O–H groups in total. The van der Waals surface area contributed by atoms with E-state index in [1.165, 1.54) is 12.1 Å². The maximum Gasteiger partial charge on any atom is 0.308 e. The molecule has 0 fully saturated rings. The summed E-state index contributed by atoms with van der Waals surface area (Å²) in [5.41, 5.74) is 0. The maximum absolute atomic E-state index is 12.3. The van der Waals surface area contributed by atoms with E-state index in [-0.39, 0.29) is 10.6 Å². The normalized spacial score (nSPS) is 13.2. The van der Waals surface area contributed by atoms with E-state index in [0.29, 0.717) is 17.1 Å². The van der Waals surface area contributed by atoms with Crippen molar-refractivity contribution in [2.45, 2.75) is 30.0 Å². The fraction of sp³-hybridized carbons (Fsp3) is 0.333. The Balaban J connectivity index is 2.17. The number of hydrogen-bond acceptors (Lipinski definition) is 5. The van der Waals surface area contributed by atoms with Crippen LogP contribution in [0.3, 0.4) is 0 Å². The zero-order chi connectivity index (χ0) is 15.5. The van der Waals surface area contributed by atoms with Crippen LogP contribution in [0.1, 0.15) is 30.1 Å². The number of H-pyrrole nitrogens is 1. The number of nitrogens with zero attached hydrogens (tertiary/aromatic N) is 1. The predicted molar refractivity (Wildman–Crippen MR) is 77.6 cm³/mol. The highest BCUT2D eigenvalue weighted by Gasteiger charge is 2.23. The summed E-state index contributed by atoms with van der Waals surface area (Å²) >= 11 is 0.956. The van der Waals surface area contributed by atoms with Gasteiger partial charge >= 0.3 is 5.97 Å². The first kappa shape index (κ1) is 15.7. The minimum atomic E-state index is -3.70. The summed E-state index contributed by atoms with van der Waals surface area (Å²) in [6.45, 7) is 1.85. The number of carboxylic acid groups (broad SMARTS) is 1. The van der Waals surface area contributed by atoms with E-state index < -0.39 is 22.0 Å². The van der Waals surface area contributed by atoms with Crippen molar-refractivity contribution in [3.8, 4) is 0 Å². The van der Waals surface area contributed by atoms with Gasteiger partial charge in [0.15, 0.2) is 0 Å². The molecule has 2 heterocycles. The second-order valence-electron chi connectivity index (χ2n) is 4.35. The standard InChI is InChI=1S/C12H15N3O4S2/c1-2-9(12-13-5-6-14-12)15-21(18,19)11-4-3-8(20-11)7-10(16)17/h3-6,9,15H,2,7H2,1H3,(H,13,14)(H,16,17). The second-order valence-corrected chi connectivity index (χ2v) is 7.46. The van der Waals surface area contributed by atoms with Crippen LogP contribution < -0.4 is 4.72 Å². The van der Waals surface area contributed by atoms with Crippen LogP contribution in [0, 0.1) is 0 Å². The van der Waals surface area contributed by atoms with E-state index in [9.17, 15) is 13.2 Å². The van der Waals surface area contributed by atoms with E-state index in [4.69, 9.17) is 5.11 Å². The highest BCUT2D eigenvalue weighted by atomic mass is 32.2. The molecule has 1 atom stereocenters. The first-order valence-electron chi connectivity index (χ1n) is 6.24. The number of carboxylic acids is 1. The van der Waals surface area contributed by atoms with Gasteiger partial charge in [0, 0.05) is 17.3 Å². The van der Waals surface area contributed by atoms with Gasteiger partial charge in [0.05, 0.1) is 12.5 Å². The molecular weight excluding hydrogens is 314 g/mol. The molecular formula is C12H15N3O4S2.